The molecular weight excluding hydrogens is 180 g/mol. The van der Waals surface area contributed by atoms with Crippen molar-refractivity contribution in [3.05, 3.63) is 5.57 Å². The van der Waals surface area contributed by atoms with E-state index in [1.807, 2.05) is 13.8 Å². The average Bonchev–Trinajstić information content (AvgIpc) is 1.96. The molecule has 0 aromatic carbocycles. The van der Waals surface area contributed by atoms with Crippen molar-refractivity contribution >= 4 is 11.9 Å². The smallest absolute Gasteiger partial charge is 0.345 e. The minimum absolute atomic E-state index is 0.0925. The van der Waals surface area contributed by atoms with Gasteiger partial charge in [0.15, 0.2) is 0 Å². The second kappa shape index (κ2) is 4.97. The van der Waals surface area contributed by atoms with Gasteiger partial charge in [-0.1, -0.05) is 13.8 Å². The maximum Gasteiger partial charge on any atom is 0.345 e. The molecule has 0 atom stereocenters. The zero-order valence-corrected chi connectivity index (χ0v) is 9.51. The van der Waals surface area contributed by atoms with Gasteiger partial charge in [0, 0.05) is 0 Å². The minimum Gasteiger partial charge on any atom is -0.456 e. The van der Waals surface area contributed by atoms with Crippen LogP contribution in [0, 0.1) is 5.92 Å². The molecule has 0 amide bonds. The molecule has 0 rings (SSSR count). The van der Waals surface area contributed by atoms with Crippen LogP contribution in [0.5, 0.6) is 0 Å². The maximum atomic E-state index is 11.4. The summed E-state index contributed by atoms with van der Waals surface area (Å²) >= 11 is 0. The van der Waals surface area contributed by atoms with Crippen LogP contribution in [-0.4, -0.2) is 17.5 Å². The molecule has 0 aliphatic rings. The van der Waals surface area contributed by atoms with Gasteiger partial charge in [-0.25, -0.2) is 9.59 Å². The third-order valence-corrected chi connectivity index (χ3v) is 1.38. The third-order valence-electron chi connectivity index (χ3n) is 1.38. The molecule has 14 heavy (non-hydrogen) atoms. The van der Waals surface area contributed by atoms with Gasteiger partial charge in [0.25, 0.3) is 0 Å². The summed E-state index contributed by atoms with van der Waals surface area (Å²) in [6.07, 6.45) is 0.415. The Bertz CT molecular complexity index is 252. The van der Waals surface area contributed by atoms with Gasteiger partial charge in [-0.05, 0) is 33.1 Å². The lowest BCUT2D eigenvalue weighted by Gasteiger charge is -2.19. The van der Waals surface area contributed by atoms with Gasteiger partial charge in [0.05, 0.1) is 0 Å². The molecule has 0 N–H and O–H groups in total. The Hall–Kier alpha value is -1.08. The fourth-order valence-electron chi connectivity index (χ4n) is 0.915. The van der Waals surface area contributed by atoms with Crippen LogP contribution in [0.25, 0.3) is 0 Å². The molecule has 0 aromatic rings. The van der Waals surface area contributed by atoms with E-state index in [1.165, 1.54) is 0 Å². The molecule has 0 heterocycles. The first kappa shape index (κ1) is 12.9. The highest BCUT2D eigenvalue weighted by molar-refractivity contribution is 5.96. The van der Waals surface area contributed by atoms with E-state index in [2.05, 4.69) is 0 Å². The molecule has 0 aliphatic carbocycles. The van der Waals surface area contributed by atoms with Crippen molar-refractivity contribution in [3.8, 4) is 0 Å². The summed E-state index contributed by atoms with van der Waals surface area (Å²) in [5.41, 5.74) is -0.467. The van der Waals surface area contributed by atoms with Crippen molar-refractivity contribution in [2.75, 3.05) is 0 Å². The predicted molar refractivity (Wildman–Crippen MR) is 54.5 cm³/mol. The Kier molecular flexibility index (Phi) is 4.58. The number of ether oxygens (including phenoxy) is 1. The molecule has 0 unspecified atom stereocenters. The lowest BCUT2D eigenvalue weighted by molar-refractivity contribution is -0.150. The van der Waals surface area contributed by atoms with Crippen molar-refractivity contribution in [2.24, 2.45) is 5.92 Å². The number of hydrogen-bond acceptors (Lipinski definition) is 3. The minimum atomic E-state index is -0.559. The van der Waals surface area contributed by atoms with E-state index in [-0.39, 0.29) is 11.5 Å². The number of rotatable bonds is 3. The van der Waals surface area contributed by atoms with Gasteiger partial charge < -0.3 is 4.74 Å². The zero-order chi connectivity index (χ0) is 11.4. The predicted octanol–water partition coefficient (Wildman–Crippen LogP) is 2.13. The summed E-state index contributed by atoms with van der Waals surface area (Å²) in [6.45, 7) is 9.16. The summed E-state index contributed by atoms with van der Waals surface area (Å²) in [6, 6.07) is 0. The van der Waals surface area contributed by atoms with Crippen molar-refractivity contribution < 1.29 is 14.3 Å². The third kappa shape index (κ3) is 5.55. The van der Waals surface area contributed by atoms with Crippen LogP contribution in [0.2, 0.25) is 0 Å². The number of esters is 1. The molecule has 3 heteroatoms. The Labute approximate surface area is 85.1 Å². The first-order chi connectivity index (χ1) is 6.26. The van der Waals surface area contributed by atoms with Gasteiger partial charge >= 0.3 is 5.97 Å². The van der Waals surface area contributed by atoms with Crippen LogP contribution in [0.15, 0.2) is 5.57 Å². The average molecular weight is 198 g/mol. The Morgan fingerprint density at radius 1 is 1.36 bits per heavy atom. The fraction of sp³-hybridized carbons (Fsp3) is 0.727. The first-order valence-corrected chi connectivity index (χ1v) is 4.73. The summed E-state index contributed by atoms with van der Waals surface area (Å²) in [7, 11) is 0. The molecule has 3 nitrogen and oxygen atoms in total. The Morgan fingerprint density at radius 3 is 2.14 bits per heavy atom. The quantitative estimate of drug-likeness (QED) is 0.396. The van der Waals surface area contributed by atoms with E-state index in [4.69, 9.17) is 4.74 Å². The second-order valence-electron chi connectivity index (χ2n) is 4.68. The van der Waals surface area contributed by atoms with E-state index in [0.29, 0.717) is 6.42 Å². The van der Waals surface area contributed by atoms with Crippen LogP contribution < -0.4 is 0 Å². The van der Waals surface area contributed by atoms with E-state index >= 15 is 0 Å². The van der Waals surface area contributed by atoms with Gasteiger partial charge in [-0.3, -0.25) is 0 Å². The normalized spacial score (nSPS) is 11.0. The highest BCUT2D eigenvalue weighted by Crippen LogP contribution is 2.14. The zero-order valence-electron chi connectivity index (χ0n) is 9.51. The Morgan fingerprint density at radius 2 is 1.86 bits per heavy atom. The van der Waals surface area contributed by atoms with Crippen molar-refractivity contribution in [1.82, 2.24) is 0 Å². The molecule has 0 radical (unpaired) electrons. The molecule has 80 valence electrons. The summed E-state index contributed by atoms with van der Waals surface area (Å²) in [4.78, 5) is 21.9. The molecule has 0 saturated heterocycles. The van der Waals surface area contributed by atoms with E-state index in [9.17, 15) is 9.59 Å². The topological polar surface area (TPSA) is 43.4 Å². The van der Waals surface area contributed by atoms with Crippen molar-refractivity contribution in [1.29, 1.82) is 0 Å². The molecule has 0 spiro atoms. The van der Waals surface area contributed by atoms with Crippen LogP contribution in [0.1, 0.15) is 41.0 Å². The fourth-order valence-corrected chi connectivity index (χ4v) is 0.915. The summed E-state index contributed by atoms with van der Waals surface area (Å²) in [5, 5.41) is 0. The van der Waals surface area contributed by atoms with Crippen molar-refractivity contribution in [2.45, 2.75) is 46.6 Å². The largest absolute Gasteiger partial charge is 0.456 e. The SMILES string of the molecule is CC(C)CC(=C=O)C(=O)OC(C)(C)C. The Balaban J connectivity index is 4.43. The summed E-state index contributed by atoms with van der Waals surface area (Å²) < 4.78 is 5.05. The molecule has 0 fully saturated rings. The molecular formula is C11H18O3. The number of hydrogen-bond donors (Lipinski definition) is 0. The molecule has 0 saturated carbocycles. The molecule has 0 bridgehead atoms. The monoisotopic (exact) mass is 198 g/mol. The number of carbonyl (C=O) groups is 1. The standard InChI is InChI=1S/C11H18O3/c1-8(2)6-9(7-12)10(13)14-11(3,4)5/h8H,6H2,1-5H3. The van der Waals surface area contributed by atoms with Gasteiger partial charge in [-0.2, -0.15) is 0 Å². The van der Waals surface area contributed by atoms with Crippen LogP contribution in [0.4, 0.5) is 0 Å². The highest BCUT2D eigenvalue weighted by Gasteiger charge is 2.21. The van der Waals surface area contributed by atoms with Gasteiger partial charge in [-0.15, -0.1) is 0 Å². The van der Waals surface area contributed by atoms with Crippen LogP contribution >= 0.6 is 0 Å². The molecule has 0 aliphatic heterocycles. The lowest BCUT2D eigenvalue weighted by atomic mass is 10.0. The highest BCUT2D eigenvalue weighted by atomic mass is 16.6. The second-order valence-corrected chi connectivity index (χ2v) is 4.68. The van der Waals surface area contributed by atoms with E-state index in [1.54, 1.807) is 26.7 Å². The maximum absolute atomic E-state index is 11.4. The molecule has 0 aromatic heterocycles. The van der Waals surface area contributed by atoms with Gasteiger partial charge in [0.2, 0.25) is 0 Å². The summed E-state index contributed by atoms with van der Waals surface area (Å²) in [5.74, 6) is 1.34. The van der Waals surface area contributed by atoms with Crippen LogP contribution in [-0.2, 0) is 14.3 Å². The first-order valence-electron chi connectivity index (χ1n) is 4.73. The number of carbonyl (C=O) groups excluding carboxylic acids is 2. The van der Waals surface area contributed by atoms with Crippen molar-refractivity contribution in [3.63, 3.8) is 0 Å². The van der Waals surface area contributed by atoms with Gasteiger partial charge in [0.1, 0.15) is 17.1 Å². The lowest BCUT2D eigenvalue weighted by Crippen LogP contribution is -2.25. The van der Waals surface area contributed by atoms with E-state index in [0.717, 1.165) is 0 Å². The van der Waals surface area contributed by atoms with Crippen LogP contribution in [0.3, 0.4) is 0 Å². The van der Waals surface area contributed by atoms with E-state index < -0.39 is 11.6 Å².